The second-order valence-electron chi connectivity index (χ2n) is 9.90. The lowest BCUT2D eigenvalue weighted by Gasteiger charge is -2.30. The molecular weight excluding hydrogens is 507 g/mol. The van der Waals surface area contributed by atoms with Crippen LogP contribution in [0.15, 0.2) is 36.9 Å². The van der Waals surface area contributed by atoms with Crippen LogP contribution in [0.2, 0.25) is 0 Å². The summed E-state index contributed by atoms with van der Waals surface area (Å²) in [4.78, 5) is 58.3. The number of alkyl halides is 1. The molecule has 210 valence electrons. The minimum Gasteiger partial charge on any atom is -0.369 e. The van der Waals surface area contributed by atoms with E-state index in [1.165, 1.54) is 4.90 Å². The third-order valence-corrected chi connectivity index (χ3v) is 7.29. The van der Waals surface area contributed by atoms with Crippen LogP contribution in [-0.4, -0.2) is 71.2 Å². The van der Waals surface area contributed by atoms with Crippen LogP contribution in [0.3, 0.4) is 0 Å². The topological polar surface area (TPSA) is 135 Å². The van der Waals surface area contributed by atoms with E-state index in [1.54, 1.807) is 23.3 Å². The number of benzene rings is 1. The molecule has 4 amide bonds. The molecule has 0 unspecified atom stereocenters. The zero-order valence-electron chi connectivity index (χ0n) is 22.2. The minimum absolute atomic E-state index is 0.209. The maximum atomic E-state index is 13.9. The molecule has 1 aromatic carbocycles. The fourth-order valence-electron chi connectivity index (χ4n) is 5.04. The first-order valence-electron chi connectivity index (χ1n) is 13.2. The number of rotatable bonds is 12. The molecule has 4 rings (SSSR count). The average Bonchev–Trinajstić information content (AvgIpc) is 3.57. The molecule has 39 heavy (non-hydrogen) atoms. The number of aryl methyl sites for hydroxylation is 1. The predicted molar refractivity (Wildman–Crippen MR) is 140 cm³/mol. The maximum Gasteiger partial charge on any atom is 0.250 e. The second-order valence-corrected chi connectivity index (χ2v) is 9.90. The molecule has 2 aromatic rings. The highest BCUT2D eigenvalue weighted by Crippen LogP contribution is 2.39. The highest BCUT2D eigenvalue weighted by atomic mass is 19.1. The van der Waals surface area contributed by atoms with Gasteiger partial charge in [0.05, 0.1) is 25.3 Å². The van der Waals surface area contributed by atoms with Crippen molar-refractivity contribution in [3.8, 4) is 0 Å². The summed E-state index contributed by atoms with van der Waals surface area (Å²) >= 11 is 0. The molecule has 3 heterocycles. The molecule has 0 fully saturated rings. The van der Waals surface area contributed by atoms with Crippen molar-refractivity contribution < 1.29 is 28.3 Å². The van der Waals surface area contributed by atoms with Crippen molar-refractivity contribution in [1.29, 1.82) is 0 Å². The van der Waals surface area contributed by atoms with Gasteiger partial charge >= 0.3 is 0 Å². The molecular formula is C27H35FN6O5. The molecule has 0 radical (unpaired) electrons. The summed E-state index contributed by atoms with van der Waals surface area (Å²) in [7, 11) is 0. The van der Waals surface area contributed by atoms with E-state index < -0.39 is 36.6 Å². The van der Waals surface area contributed by atoms with E-state index in [-0.39, 0.29) is 37.6 Å². The standard InChI is InChI=1S/C27H35FN6O5/c1-3-17(2)23(32-22(35)14-39-12-9-28)26(37)31-20-8-7-18-5-4-6-19-13-21(34(24(18)19)27(20)38)25(36)30-16-33-11-10-29-15-33/h4-6,10-11,15,17,20-21,23H,3,7-9,12-14,16H2,1-2H3,(H,30,36)(H,31,37)(H,32,35)/t17-,20-,21-,23-/m0/s1. The Morgan fingerprint density at radius 3 is 2.77 bits per heavy atom. The molecule has 0 spiro atoms. The molecule has 1 aromatic heterocycles. The molecule has 3 N–H and O–H groups in total. The van der Waals surface area contributed by atoms with Gasteiger partial charge in [-0.1, -0.05) is 38.5 Å². The van der Waals surface area contributed by atoms with Crippen LogP contribution in [0.1, 0.15) is 37.8 Å². The first-order valence-corrected chi connectivity index (χ1v) is 13.2. The highest BCUT2D eigenvalue weighted by molar-refractivity contribution is 6.08. The van der Waals surface area contributed by atoms with Gasteiger partial charge in [-0.05, 0) is 29.9 Å². The highest BCUT2D eigenvalue weighted by Gasteiger charge is 2.44. The number of hydrogen-bond donors (Lipinski definition) is 3. The Morgan fingerprint density at radius 1 is 1.26 bits per heavy atom. The summed E-state index contributed by atoms with van der Waals surface area (Å²) < 4.78 is 19.0. The van der Waals surface area contributed by atoms with Crippen molar-refractivity contribution in [3.05, 3.63) is 48.0 Å². The molecule has 2 aliphatic rings. The lowest BCUT2D eigenvalue weighted by Crippen LogP contribution is -2.58. The van der Waals surface area contributed by atoms with Crippen molar-refractivity contribution in [3.63, 3.8) is 0 Å². The van der Waals surface area contributed by atoms with Gasteiger partial charge in [-0.25, -0.2) is 9.37 Å². The van der Waals surface area contributed by atoms with Crippen molar-refractivity contribution in [2.24, 2.45) is 5.92 Å². The Balaban J connectivity index is 1.50. The number of aromatic nitrogens is 2. The Hall–Kier alpha value is -3.80. The number of carbonyl (C=O) groups excluding carboxylic acids is 4. The van der Waals surface area contributed by atoms with Crippen LogP contribution >= 0.6 is 0 Å². The molecule has 12 heteroatoms. The molecule has 2 aliphatic heterocycles. The van der Waals surface area contributed by atoms with E-state index in [9.17, 15) is 23.6 Å². The van der Waals surface area contributed by atoms with E-state index in [0.717, 1.165) is 16.8 Å². The number of carbonyl (C=O) groups is 4. The van der Waals surface area contributed by atoms with Gasteiger partial charge < -0.3 is 25.3 Å². The summed E-state index contributed by atoms with van der Waals surface area (Å²) in [6.07, 6.45) is 6.78. The number of imidazole rings is 1. The average molecular weight is 543 g/mol. The number of ether oxygens (including phenoxy) is 1. The third-order valence-electron chi connectivity index (χ3n) is 7.29. The van der Waals surface area contributed by atoms with E-state index >= 15 is 0 Å². The monoisotopic (exact) mass is 542 g/mol. The smallest absolute Gasteiger partial charge is 0.250 e. The number of nitrogens with one attached hydrogen (secondary N) is 3. The van der Waals surface area contributed by atoms with Gasteiger partial charge in [0.1, 0.15) is 31.4 Å². The third kappa shape index (κ3) is 6.44. The van der Waals surface area contributed by atoms with Gasteiger partial charge in [0.25, 0.3) is 0 Å². The Kier molecular flexibility index (Phi) is 9.28. The Labute approximate surface area is 226 Å². The number of amides is 4. The van der Waals surface area contributed by atoms with Gasteiger partial charge in [-0.2, -0.15) is 0 Å². The Morgan fingerprint density at radius 2 is 2.05 bits per heavy atom. The normalized spacial score (nSPS) is 19.6. The number of halogens is 1. The van der Waals surface area contributed by atoms with Crippen molar-refractivity contribution in [1.82, 2.24) is 25.5 Å². The predicted octanol–water partition coefficient (Wildman–Crippen LogP) is 0.863. The quantitative estimate of drug-likeness (QED) is 0.341. The SMILES string of the molecule is CC[C@H](C)[C@H](NC(=O)COCCF)C(=O)N[C@H]1CCc2cccc3c2N(C1=O)[C@H](C(=O)NCn1ccnc1)C3. The molecule has 0 saturated heterocycles. The lowest BCUT2D eigenvalue weighted by atomic mass is 9.97. The number of anilines is 1. The Bertz CT molecular complexity index is 1190. The molecule has 11 nitrogen and oxygen atoms in total. The molecule has 0 aliphatic carbocycles. The van der Waals surface area contributed by atoms with Crippen LogP contribution in [0.4, 0.5) is 10.1 Å². The zero-order valence-corrected chi connectivity index (χ0v) is 22.2. The number of para-hydroxylation sites is 1. The lowest BCUT2D eigenvalue weighted by molar-refractivity contribution is -0.134. The summed E-state index contributed by atoms with van der Waals surface area (Å²) in [5.41, 5.74) is 2.59. The first-order chi connectivity index (χ1) is 18.8. The van der Waals surface area contributed by atoms with Crippen molar-refractivity contribution in [2.75, 3.05) is 24.8 Å². The summed E-state index contributed by atoms with van der Waals surface area (Å²) in [5.74, 6) is -1.93. The summed E-state index contributed by atoms with van der Waals surface area (Å²) in [5, 5.41) is 8.37. The molecule has 4 atom stereocenters. The van der Waals surface area contributed by atoms with Crippen LogP contribution in [0.5, 0.6) is 0 Å². The van der Waals surface area contributed by atoms with E-state index in [0.29, 0.717) is 25.7 Å². The van der Waals surface area contributed by atoms with E-state index in [2.05, 4.69) is 20.9 Å². The zero-order chi connectivity index (χ0) is 27.9. The fraction of sp³-hybridized carbons (Fsp3) is 0.519. The van der Waals surface area contributed by atoms with Gasteiger partial charge in [0.2, 0.25) is 23.6 Å². The van der Waals surface area contributed by atoms with Gasteiger partial charge in [-0.3, -0.25) is 24.1 Å². The van der Waals surface area contributed by atoms with Crippen LogP contribution in [0.25, 0.3) is 0 Å². The van der Waals surface area contributed by atoms with Crippen LogP contribution < -0.4 is 20.9 Å². The maximum absolute atomic E-state index is 13.9. The minimum atomic E-state index is -0.904. The fourth-order valence-corrected chi connectivity index (χ4v) is 5.04. The summed E-state index contributed by atoms with van der Waals surface area (Å²) in [6, 6.07) is 3.23. The van der Waals surface area contributed by atoms with Crippen LogP contribution in [-0.2, 0) is 43.4 Å². The van der Waals surface area contributed by atoms with E-state index in [1.807, 2.05) is 32.0 Å². The van der Waals surface area contributed by atoms with Crippen molar-refractivity contribution >= 4 is 29.3 Å². The molecule has 0 saturated carbocycles. The number of nitrogens with zero attached hydrogens (tertiary/aromatic N) is 3. The summed E-state index contributed by atoms with van der Waals surface area (Å²) in [6.45, 7) is 2.64. The van der Waals surface area contributed by atoms with Gasteiger partial charge in [-0.15, -0.1) is 0 Å². The second kappa shape index (κ2) is 12.8. The molecule has 0 bridgehead atoms. The number of hydrogen-bond acceptors (Lipinski definition) is 6. The first kappa shape index (κ1) is 28.2. The van der Waals surface area contributed by atoms with Gasteiger partial charge in [0.15, 0.2) is 0 Å². The van der Waals surface area contributed by atoms with Crippen LogP contribution in [0, 0.1) is 5.92 Å². The van der Waals surface area contributed by atoms with E-state index in [4.69, 9.17) is 4.74 Å². The van der Waals surface area contributed by atoms with Gasteiger partial charge in [0, 0.05) is 18.8 Å². The van der Waals surface area contributed by atoms with Crippen molar-refractivity contribution in [2.45, 2.75) is 64.3 Å². The largest absolute Gasteiger partial charge is 0.369 e.